The maximum absolute atomic E-state index is 5.83. The molecule has 0 saturated carbocycles. The minimum absolute atomic E-state index is 0.430. The van der Waals surface area contributed by atoms with Crippen molar-refractivity contribution < 1.29 is 0 Å². The van der Waals surface area contributed by atoms with Crippen LogP contribution in [0, 0.1) is 0 Å². The van der Waals surface area contributed by atoms with Gasteiger partial charge in [-0.05, 0) is 59.1 Å². The van der Waals surface area contributed by atoms with E-state index < -0.39 is 0 Å². The number of nitrogens with one attached hydrogen (secondary N) is 1. The third-order valence-corrected chi connectivity index (χ3v) is 3.26. The summed E-state index contributed by atoms with van der Waals surface area (Å²) in [7, 11) is 0. The van der Waals surface area contributed by atoms with Crippen molar-refractivity contribution in [2.24, 2.45) is 0 Å². The van der Waals surface area contributed by atoms with Crippen molar-refractivity contribution in [3.63, 3.8) is 0 Å². The highest BCUT2D eigenvalue weighted by atomic mass is 79.9. The second kappa shape index (κ2) is 3.31. The lowest BCUT2D eigenvalue weighted by atomic mass is 9.95. The zero-order chi connectivity index (χ0) is 9.42. The lowest BCUT2D eigenvalue weighted by Crippen LogP contribution is -2.27. The molecule has 0 bridgehead atoms. The summed E-state index contributed by atoms with van der Waals surface area (Å²) in [4.78, 5) is 0. The minimum Gasteiger partial charge on any atom is -0.398 e. The van der Waals surface area contributed by atoms with Gasteiger partial charge in [-0.25, -0.2) is 0 Å². The zero-order valence-electron chi connectivity index (χ0n) is 7.60. The maximum atomic E-state index is 5.83. The van der Waals surface area contributed by atoms with Crippen molar-refractivity contribution in [1.82, 2.24) is 5.32 Å². The third-order valence-electron chi connectivity index (χ3n) is 2.57. The van der Waals surface area contributed by atoms with Crippen LogP contribution in [0.25, 0.3) is 0 Å². The average molecular weight is 241 g/mol. The molecule has 70 valence electrons. The van der Waals surface area contributed by atoms with Gasteiger partial charge in [-0.2, -0.15) is 0 Å². The Morgan fingerprint density at radius 1 is 1.54 bits per heavy atom. The molecule has 3 heteroatoms. The highest BCUT2D eigenvalue weighted by molar-refractivity contribution is 9.10. The highest BCUT2D eigenvalue weighted by Crippen LogP contribution is 2.30. The monoisotopic (exact) mass is 240 g/mol. The number of nitrogens with two attached hydrogens (primary N) is 1. The fraction of sp³-hybridized carbons (Fsp3) is 0.400. The molecule has 1 atom stereocenters. The number of rotatable bonds is 0. The smallest absolute Gasteiger partial charge is 0.0462 e. The lowest BCUT2D eigenvalue weighted by molar-refractivity contribution is 0.541. The second-order valence-corrected chi connectivity index (χ2v) is 4.35. The Labute approximate surface area is 86.6 Å². The van der Waals surface area contributed by atoms with Crippen LogP contribution in [0.1, 0.15) is 24.1 Å². The van der Waals surface area contributed by atoms with Crippen molar-refractivity contribution in [3.05, 3.63) is 27.7 Å². The SMILES string of the molecule is CC1NCCc2cc(Br)c(N)cc21. The predicted molar refractivity (Wildman–Crippen MR) is 58.7 cm³/mol. The van der Waals surface area contributed by atoms with Crippen LogP contribution in [-0.4, -0.2) is 6.54 Å². The minimum atomic E-state index is 0.430. The van der Waals surface area contributed by atoms with Crippen molar-refractivity contribution in [3.8, 4) is 0 Å². The molecule has 1 heterocycles. The van der Waals surface area contributed by atoms with E-state index in [4.69, 9.17) is 5.73 Å². The van der Waals surface area contributed by atoms with Crippen molar-refractivity contribution in [2.45, 2.75) is 19.4 Å². The number of anilines is 1. The molecule has 0 amide bonds. The molecule has 0 fully saturated rings. The van der Waals surface area contributed by atoms with Gasteiger partial charge in [0.2, 0.25) is 0 Å². The Hall–Kier alpha value is -0.540. The van der Waals surface area contributed by atoms with Gasteiger partial charge >= 0.3 is 0 Å². The number of hydrogen-bond donors (Lipinski definition) is 2. The van der Waals surface area contributed by atoms with Gasteiger partial charge in [-0.1, -0.05) is 0 Å². The molecule has 1 aliphatic rings. The van der Waals surface area contributed by atoms with Gasteiger partial charge in [0.25, 0.3) is 0 Å². The molecule has 3 N–H and O–H groups in total. The van der Waals surface area contributed by atoms with E-state index in [0.29, 0.717) is 6.04 Å². The summed E-state index contributed by atoms with van der Waals surface area (Å²) in [6, 6.07) is 4.64. The van der Waals surface area contributed by atoms with Crippen molar-refractivity contribution in [1.29, 1.82) is 0 Å². The first-order valence-corrected chi connectivity index (χ1v) is 5.29. The van der Waals surface area contributed by atoms with Crippen LogP contribution in [0.2, 0.25) is 0 Å². The molecule has 0 aromatic heterocycles. The summed E-state index contributed by atoms with van der Waals surface area (Å²) >= 11 is 3.45. The van der Waals surface area contributed by atoms with E-state index in [1.165, 1.54) is 11.1 Å². The average Bonchev–Trinajstić information content (AvgIpc) is 2.09. The fourth-order valence-corrected chi connectivity index (χ4v) is 2.19. The summed E-state index contributed by atoms with van der Waals surface area (Å²) in [6.45, 7) is 3.23. The standard InChI is InChI=1S/C10H13BrN2/c1-6-8-5-10(12)9(11)4-7(8)2-3-13-6/h4-6,13H,2-3,12H2,1H3. The van der Waals surface area contributed by atoms with E-state index in [0.717, 1.165) is 23.1 Å². The largest absolute Gasteiger partial charge is 0.398 e. The quantitative estimate of drug-likeness (QED) is 0.683. The molecule has 1 unspecified atom stereocenters. The Balaban J connectivity index is 2.52. The molecule has 1 aromatic carbocycles. The fourth-order valence-electron chi connectivity index (χ4n) is 1.80. The zero-order valence-corrected chi connectivity index (χ0v) is 9.19. The van der Waals surface area contributed by atoms with E-state index >= 15 is 0 Å². The highest BCUT2D eigenvalue weighted by Gasteiger charge is 2.16. The van der Waals surface area contributed by atoms with E-state index in [-0.39, 0.29) is 0 Å². The van der Waals surface area contributed by atoms with Gasteiger partial charge in [-0.3, -0.25) is 0 Å². The first-order chi connectivity index (χ1) is 6.18. The maximum Gasteiger partial charge on any atom is 0.0462 e. The Morgan fingerprint density at radius 3 is 3.08 bits per heavy atom. The molecule has 13 heavy (non-hydrogen) atoms. The summed E-state index contributed by atoms with van der Waals surface area (Å²) < 4.78 is 1.01. The number of fused-ring (bicyclic) bond motifs is 1. The molecular weight excluding hydrogens is 228 g/mol. The summed E-state index contributed by atoms with van der Waals surface area (Å²) in [5.41, 5.74) is 9.41. The normalized spacial score (nSPS) is 21.2. The van der Waals surface area contributed by atoms with Gasteiger partial charge in [0, 0.05) is 16.2 Å². The molecular formula is C10H13BrN2. The molecule has 0 radical (unpaired) electrons. The van der Waals surface area contributed by atoms with Crippen LogP contribution in [0.5, 0.6) is 0 Å². The van der Waals surface area contributed by atoms with Crippen LogP contribution in [-0.2, 0) is 6.42 Å². The number of hydrogen-bond acceptors (Lipinski definition) is 2. The van der Waals surface area contributed by atoms with Crippen molar-refractivity contribution in [2.75, 3.05) is 12.3 Å². The van der Waals surface area contributed by atoms with E-state index in [1.54, 1.807) is 0 Å². The molecule has 1 aromatic rings. The Morgan fingerprint density at radius 2 is 2.31 bits per heavy atom. The molecule has 1 aliphatic heterocycles. The molecule has 0 spiro atoms. The Kier molecular flexibility index (Phi) is 2.30. The number of benzene rings is 1. The summed E-state index contributed by atoms with van der Waals surface area (Å²) in [6.07, 6.45) is 1.10. The van der Waals surface area contributed by atoms with Crippen LogP contribution in [0.15, 0.2) is 16.6 Å². The Bertz CT molecular complexity index is 336. The predicted octanol–water partition coefficient (Wildman–Crippen LogP) is 2.24. The van der Waals surface area contributed by atoms with E-state index in [9.17, 15) is 0 Å². The molecule has 0 saturated heterocycles. The van der Waals surface area contributed by atoms with Gasteiger partial charge in [-0.15, -0.1) is 0 Å². The van der Waals surface area contributed by atoms with Crippen LogP contribution in [0.3, 0.4) is 0 Å². The van der Waals surface area contributed by atoms with Crippen LogP contribution in [0.4, 0.5) is 5.69 Å². The molecule has 2 nitrogen and oxygen atoms in total. The first-order valence-electron chi connectivity index (χ1n) is 4.49. The summed E-state index contributed by atoms with van der Waals surface area (Å²) in [5, 5.41) is 3.41. The third kappa shape index (κ3) is 1.58. The van der Waals surface area contributed by atoms with Gasteiger partial charge in [0.1, 0.15) is 0 Å². The van der Waals surface area contributed by atoms with E-state index in [2.05, 4.69) is 40.3 Å². The van der Waals surface area contributed by atoms with Gasteiger partial charge in [0.15, 0.2) is 0 Å². The number of halogens is 1. The van der Waals surface area contributed by atoms with Crippen molar-refractivity contribution >= 4 is 21.6 Å². The summed E-state index contributed by atoms with van der Waals surface area (Å²) in [5.74, 6) is 0. The first kappa shape index (κ1) is 9.03. The molecule has 2 rings (SSSR count). The van der Waals surface area contributed by atoms with Gasteiger partial charge in [0.05, 0.1) is 0 Å². The number of nitrogen functional groups attached to an aromatic ring is 1. The van der Waals surface area contributed by atoms with Gasteiger partial charge < -0.3 is 11.1 Å². The second-order valence-electron chi connectivity index (χ2n) is 3.50. The van der Waals surface area contributed by atoms with E-state index in [1.807, 2.05) is 0 Å². The molecule has 0 aliphatic carbocycles. The lowest BCUT2D eigenvalue weighted by Gasteiger charge is -2.24. The topological polar surface area (TPSA) is 38.0 Å². The van der Waals surface area contributed by atoms with Crippen LogP contribution >= 0.6 is 15.9 Å². The van der Waals surface area contributed by atoms with Crippen LogP contribution < -0.4 is 11.1 Å².